The summed E-state index contributed by atoms with van der Waals surface area (Å²) in [4.78, 5) is 12.3. The van der Waals surface area contributed by atoms with Gasteiger partial charge in [-0.25, -0.2) is 0 Å². The lowest BCUT2D eigenvalue weighted by Gasteiger charge is -2.33. The molecule has 0 fully saturated rings. The molecule has 0 aromatic heterocycles. The van der Waals surface area contributed by atoms with Gasteiger partial charge in [0.05, 0.1) is 5.54 Å². The lowest BCUT2D eigenvalue weighted by molar-refractivity contribution is 0.0883. The molecule has 0 saturated carbocycles. The van der Waals surface area contributed by atoms with E-state index in [2.05, 4.69) is 25.2 Å². The fourth-order valence-electron chi connectivity index (χ4n) is 1.87. The third-order valence-electron chi connectivity index (χ3n) is 3.58. The van der Waals surface area contributed by atoms with Crippen molar-refractivity contribution < 1.29 is 4.79 Å². The van der Waals surface area contributed by atoms with Gasteiger partial charge >= 0.3 is 0 Å². The van der Waals surface area contributed by atoms with Crippen molar-refractivity contribution in [2.75, 3.05) is 6.54 Å². The van der Waals surface area contributed by atoms with Crippen LogP contribution in [0.4, 0.5) is 0 Å². The Morgan fingerprint density at radius 3 is 2.11 bits per heavy atom. The molecule has 1 unspecified atom stereocenters. The maximum atomic E-state index is 12.3. The van der Waals surface area contributed by atoms with E-state index in [1.165, 1.54) is 0 Å². The Hall–Kier alpha value is -1.06. The van der Waals surface area contributed by atoms with Crippen LogP contribution in [0.1, 0.15) is 42.3 Å². The first-order valence-corrected chi connectivity index (χ1v) is 6.39. The molecule has 0 heterocycles. The maximum Gasteiger partial charge on any atom is 0.251 e. The summed E-state index contributed by atoms with van der Waals surface area (Å²) in [5, 5.41) is 3.05. The van der Waals surface area contributed by atoms with Crippen LogP contribution in [0.3, 0.4) is 0 Å². The Bertz CT molecular complexity index is 426. The van der Waals surface area contributed by atoms with E-state index in [0.717, 1.165) is 11.1 Å². The van der Waals surface area contributed by atoms with Crippen molar-refractivity contribution in [2.24, 2.45) is 11.7 Å². The number of rotatable bonds is 4. The van der Waals surface area contributed by atoms with Crippen molar-refractivity contribution in [1.82, 2.24) is 5.32 Å². The molecule has 0 radical (unpaired) electrons. The summed E-state index contributed by atoms with van der Waals surface area (Å²) < 4.78 is 0. The number of halogens is 1. The number of hydrogen-bond donors (Lipinski definition) is 2. The summed E-state index contributed by atoms with van der Waals surface area (Å²) in [6.07, 6.45) is 0. The van der Waals surface area contributed by atoms with Gasteiger partial charge in [0.1, 0.15) is 0 Å². The smallest absolute Gasteiger partial charge is 0.251 e. The Morgan fingerprint density at radius 2 is 1.74 bits per heavy atom. The van der Waals surface area contributed by atoms with E-state index in [-0.39, 0.29) is 29.8 Å². The molecule has 0 aliphatic carbocycles. The highest BCUT2D eigenvalue weighted by Crippen LogP contribution is 2.16. The van der Waals surface area contributed by atoms with Gasteiger partial charge in [-0.3, -0.25) is 4.79 Å². The molecule has 1 aromatic carbocycles. The second-order valence-corrected chi connectivity index (χ2v) is 5.61. The summed E-state index contributed by atoms with van der Waals surface area (Å²) in [5.41, 5.74) is 8.31. The summed E-state index contributed by atoms with van der Waals surface area (Å²) in [7, 11) is 0. The molecule has 0 aliphatic heterocycles. The Balaban J connectivity index is 0.00000324. The molecule has 1 rings (SSSR count). The third-order valence-corrected chi connectivity index (χ3v) is 3.58. The third kappa shape index (κ3) is 4.51. The highest BCUT2D eigenvalue weighted by atomic mass is 35.5. The maximum absolute atomic E-state index is 12.3. The second kappa shape index (κ2) is 6.92. The van der Waals surface area contributed by atoms with Crippen molar-refractivity contribution in [2.45, 2.75) is 40.2 Å². The van der Waals surface area contributed by atoms with E-state index in [1.807, 2.05) is 32.9 Å². The Labute approximate surface area is 122 Å². The topological polar surface area (TPSA) is 55.1 Å². The van der Waals surface area contributed by atoms with Crippen molar-refractivity contribution in [3.63, 3.8) is 0 Å². The summed E-state index contributed by atoms with van der Waals surface area (Å²) >= 11 is 0. The van der Waals surface area contributed by atoms with Crippen LogP contribution in [0, 0.1) is 19.8 Å². The van der Waals surface area contributed by atoms with Crippen molar-refractivity contribution >= 4 is 18.3 Å². The van der Waals surface area contributed by atoms with Crippen LogP contribution < -0.4 is 11.1 Å². The number of carbonyl (C=O) groups excluding carboxylic acids is 1. The van der Waals surface area contributed by atoms with E-state index in [0.29, 0.717) is 12.1 Å². The summed E-state index contributed by atoms with van der Waals surface area (Å²) in [6, 6.07) is 5.86. The van der Waals surface area contributed by atoms with Gasteiger partial charge in [-0.2, -0.15) is 0 Å². The molecule has 4 heteroatoms. The van der Waals surface area contributed by atoms with Gasteiger partial charge in [-0.05, 0) is 38.8 Å². The molecule has 0 aliphatic rings. The van der Waals surface area contributed by atoms with Crippen LogP contribution in [0.25, 0.3) is 0 Å². The van der Waals surface area contributed by atoms with Crippen LogP contribution in [0.5, 0.6) is 0 Å². The quantitative estimate of drug-likeness (QED) is 0.893. The molecule has 3 nitrogen and oxygen atoms in total. The highest BCUT2D eigenvalue weighted by Gasteiger charge is 2.28. The monoisotopic (exact) mass is 284 g/mol. The van der Waals surface area contributed by atoms with E-state index in [9.17, 15) is 4.79 Å². The van der Waals surface area contributed by atoms with Gasteiger partial charge in [0.25, 0.3) is 5.91 Å². The zero-order chi connectivity index (χ0) is 13.9. The zero-order valence-electron chi connectivity index (χ0n) is 12.4. The minimum Gasteiger partial charge on any atom is -0.345 e. The van der Waals surface area contributed by atoms with Gasteiger partial charge < -0.3 is 11.1 Å². The SMILES string of the molecule is Cc1cc(C)cc(C(=O)NC(C)(CN)C(C)C)c1.Cl. The predicted molar refractivity (Wildman–Crippen MR) is 82.9 cm³/mol. The zero-order valence-corrected chi connectivity index (χ0v) is 13.2. The molecule has 0 spiro atoms. The molecule has 0 saturated heterocycles. The Kier molecular flexibility index (Phi) is 6.53. The fourth-order valence-corrected chi connectivity index (χ4v) is 1.87. The predicted octanol–water partition coefficient (Wildman–Crippen LogP) is 2.83. The molecule has 1 atom stereocenters. The lowest BCUT2D eigenvalue weighted by Crippen LogP contribution is -2.55. The molecule has 0 bridgehead atoms. The van der Waals surface area contributed by atoms with Gasteiger partial charge in [0.15, 0.2) is 0 Å². The molecular formula is C15H25ClN2O. The molecule has 3 N–H and O–H groups in total. The van der Waals surface area contributed by atoms with E-state index in [4.69, 9.17) is 5.73 Å². The number of nitrogens with one attached hydrogen (secondary N) is 1. The van der Waals surface area contributed by atoms with E-state index >= 15 is 0 Å². The van der Waals surface area contributed by atoms with Gasteiger partial charge in [-0.1, -0.05) is 31.0 Å². The van der Waals surface area contributed by atoms with Crippen molar-refractivity contribution in [3.8, 4) is 0 Å². The van der Waals surface area contributed by atoms with Crippen molar-refractivity contribution in [1.29, 1.82) is 0 Å². The average Bonchev–Trinajstić information content (AvgIpc) is 2.27. The minimum atomic E-state index is -0.366. The molecule has 108 valence electrons. The fraction of sp³-hybridized carbons (Fsp3) is 0.533. The van der Waals surface area contributed by atoms with Crippen LogP contribution >= 0.6 is 12.4 Å². The summed E-state index contributed by atoms with van der Waals surface area (Å²) in [6.45, 7) is 10.5. The van der Waals surface area contributed by atoms with Gasteiger partial charge in [0, 0.05) is 12.1 Å². The largest absolute Gasteiger partial charge is 0.345 e. The first-order valence-electron chi connectivity index (χ1n) is 6.39. The molecule has 1 amide bonds. The Morgan fingerprint density at radius 1 is 1.26 bits per heavy atom. The normalized spacial score (nSPS) is 13.6. The summed E-state index contributed by atoms with van der Waals surface area (Å²) in [5.74, 6) is 0.237. The van der Waals surface area contributed by atoms with E-state index < -0.39 is 0 Å². The first kappa shape index (κ1) is 17.9. The number of carbonyl (C=O) groups is 1. The highest BCUT2D eigenvalue weighted by molar-refractivity contribution is 5.95. The average molecular weight is 285 g/mol. The van der Waals surface area contributed by atoms with Crippen LogP contribution in [-0.4, -0.2) is 18.0 Å². The lowest BCUT2D eigenvalue weighted by atomic mass is 9.88. The first-order chi connectivity index (χ1) is 8.28. The number of amides is 1. The number of benzene rings is 1. The molecule has 19 heavy (non-hydrogen) atoms. The standard InChI is InChI=1S/C15H24N2O.ClH/c1-10(2)15(5,9-16)17-14(18)13-7-11(3)6-12(4)8-13;/h6-8,10H,9,16H2,1-5H3,(H,17,18);1H. The molecule has 1 aromatic rings. The number of hydrogen-bond acceptors (Lipinski definition) is 2. The van der Waals surface area contributed by atoms with Gasteiger partial charge in [0.2, 0.25) is 0 Å². The van der Waals surface area contributed by atoms with Crippen LogP contribution in [-0.2, 0) is 0 Å². The minimum absolute atomic E-state index is 0. The van der Waals surface area contributed by atoms with Crippen molar-refractivity contribution in [3.05, 3.63) is 34.9 Å². The van der Waals surface area contributed by atoms with Crippen LogP contribution in [0.2, 0.25) is 0 Å². The number of nitrogens with two attached hydrogens (primary N) is 1. The second-order valence-electron chi connectivity index (χ2n) is 5.61. The van der Waals surface area contributed by atoms with Crippen LogP contribution in [0.15, 0.2) is 18.2 Å². The molecular weight excluding hydrogens is 260 g/mol. The van der Waals surface area contributed by atoms with E-state index in [1.54, 1.807) is 0 Å². The number of aryl methyl sites for hydroxylation is 2. The van der Waals surface area contributed by atoms with Gasteiger partial charge in [-0.15, -0.1) is 12.4 Å².